The highest BCUT2D eigenvalue weighted by Gasteiger charge is 2.32. The number of nitrogens with one attached hydrogen (secondary N) is 1. The van der Waals surface area contributed by atoms with Gasteiger partial charge in [0.05, 0.1) is 17.2 Å². The van der Waals surface area contributed by atoms with E-state index in [1.54, 1.807) is 67.6 Å². The van der Waals surface area contributed by atoms with Gasteiger partial charge in [0.2, 0.25) is 11.8 Å². The first-order chi connectivity index (χ1) is 19.4. The number of halogens is 2. The molecule has 0 heterocycles. The molecule has 11 heteroatoms. The monoisotopic (exact) mass is 663 g/mol. The van der Waals surface area contributed by atoms with Crippen molar-refractivity contribution in [2.24, 2.45) is 5.92 Å². The number of amides is 2. The molecule has 1 N–H and O–H groups in total. The van der Waals surface area contributed by atoms with Crippen LogP contribution in [0.25, 0.3) is 0 Å². The summed E-state index contributed by atoms with van der Waals surface area (Å²) in [5.41, 5.74) is 1.03. The second-order valence-electron chi connectivity index (χ2n) is 9.86. The molecular weight excluding hydrogens is 630 g/mol. The fourth-order valence-electron chi connectivity index (χ4n) is 3.96. The number of hydrogen-bond acceptors (Lipinski definition) is 5. The number of ether oxygens (including phenoxy) is 1. The average molecular weight is 665 g/mol. The van der Waals surface area contributed by atoms with E-state index in [-0.39, 0.29) is 29.0 Å². The second-order valence-corrected chi connectivity index (χ2v) is 13.1. The summed E-state index contributed by atoms with van der Waals surface area (Å²) in [6.45, 7) is 7.89. The van der Waals surface area contributed by atoms with E-state index in [1.807, 2.05) is 20.8 Å². The first-order valence-electron chi connectivity index (χ1n) is 13.2. The van der Waals surface area contributed by atoms with Crippen LogP contribution in [0.15, 0.2) is 82.2 Å². The van der Waals surface area contributed by atoms with Crippen LogP contribution in [-0.2, 0) is 26.2 Å². The van der Waals surface area contributed by atoms with Gasteiger partial charge in [0.25, 0.3) is 10.0 Å². The largest absolute Gasteiger partial charge is 0.494 e. The fourth-order valence-corrected chi connectivity index (χ4v) is 5.76. The molecule has 0 radical (unpaired) electrons. The van der Waals surface area contributed by atoms with Crippen molar-refractivity contribution in [1.82, 2.24) is 10.2 Å². The number of carbonyl (C=O) groups is 2. The number of rotatable bonds is 13. The van der Waals surface area contributed by atoms with Crippen LogP contribution in [0.5, 0.6) is 5.75 Å². The van der Waals surface area contributed by atoms with Gasteiger partial charge in [-0.2, -0.15) is 0 Å². The van der Waals surface area contributed by atoms with Gasteiger partial charge < -0.3 is 15.0 Å². The van der Waals surface area contributed by atoms with Gasteiger partial charge in [-0.3, -0.25) is 13.9 Å². The maximum atomic E-state index is 14.0. The summed E-state index contributed by atoms with van der Waals surface area (Å²) >= 11 is 9.38. The molecule has 0 aliphatic rings. The molecule has 0 aliphatic carbocycles. The van der Waals surface area contributed by atoms with Gasteiger partial charge in [-0.15, -0.1) is 0 Å². The van der Waals surface area contributed by atoms with E-state index >= 15 is 0 Å². The Bertz CT molecular complexity index is 1420. The molecule has 0 unspecified atom stereocenters. The Morgan fingerprint density at radius 3 is 2.12 bits per heavy atom. The zero-order chi connectivity index (χ0) is 30.2. The van der Waals surface area contributed by atoms with E-state index in [9.17, 15) is 18.0 Å². The summed E-state index contributed by atoms with van der Waals surface area (Å²) in [6, 6.07) is 18.8. The SMILES string of the molecule is CCOc1ccc(N(CC(=O)N(Cc2ccc(Cl)cc2)[C@H](C)C(=O)NCC(C)C)S(=O)(=O)c2ccc(Br)cc2)cc1. The number of sulfonamides is 1. The van der Waals surface area contributed by atoms with Crippen molar-refractivity contribution in [2.45, 2.75) is 45.2 Å². The molecule has 220 valence electrons. The van der Waals surface area contributed by atoms with E-state index in [0.29, 0.717) is 23.9 Å². The molecule has 3 aromatic carbocycles. The van der Waals surface area contributed by atoms with Gasteiger partial charge in [0, 0.05) is 22.6 Å². The summed E-state index contributed by atoms with van der Waals surface area (Å²) < 4.78 is 35.1. The van der Waals surface area contributed by atoms with Crippen molar-refractivity contribution < 1.29 is 22.7 Å². The van der Waals surface area contributed by atoms with Gasteiger partial charge >= 0.3 is 0 Å². The van der Waals surface area contributed by atoms with Crippen LogP contribution >= 0.6 is 27.5 Å². The quantitative estimate of drug-likeness (QED) is 0.246. The Hall–Kier alpha value is -3.08. The van der Waals surface area contributed by atoms with E-state index < -0.39 is 28.5 Å². The summed E-state index contributed by atoms with van der Waals surface area (Å²) in [7, 11) is -4.16. The maximum absolute atomic E-state index is 14.0. The number of anilines is 1. The predicted octanol–water partition coefficient (Wildman–Crippen LogP) is 5.89. The van der Waals surface area contributed by atoms with Crippen LogP contribution in [-0.4, -0.2) is 50.9 Å². The third-order valence-electron chi connectivity index (χ3n) is 6.23. The predicted molar refractivity (Wildman–Crippen MR) is 166 cm³/mol. The zero-order valence-electron chi connectivity index (χ0n) is 23.5. The minimum Gasteiger partial charge on any atom is -0.494 e. The van der Waals surface area contributed by atoms with Crippen molar-refractivity contribution in [2.75, 3.05) is 24.0 Å². The summed E-state index contributed by atoms with van der Waals surface area (Å²) in [5.74, 6) is -0.0766. The molecule has 0 spiro atoms. The van der Waals surface area contributed by atoms with Crippen LogP contribution in [0.4, 0.5) is 5.69 Å². The number of nitrogens with zero attached hydrogens (tertiary/aromatic N) is 2. The number of benzene rings is 3. The van der Waals surface area contributed by atoms with Crippen molar-refractivity contribution in [3.8, 4) is 5.75 Å². The molecule has 0 saturated heterocycles. The lowest BCUT2D eigenvalue weighted by molar-refractivity contribution is -0.139. The Morgan fingerprint density at radius 1 is 0.951 bits per heavy atom. The minimum atomic E-state index is -4.16. The molecule has 3 aromatic rings. The molecule has 0 fully saturated rings. The number of carbonyl (C=O) groups excluding carboxylic acids is 2. The average Bonchev–Trinajstić information content (AvgIpc) is 2.94. The van der Waals surface area contributed by atoms with E-state index in [2.05, 4.69) is 21.2 Å². The standard InChI is InChI=1S/C30H35BrClN3O5S/c1-5-40-27-14-12-26(13-15-27)35(41(38,39)28-16-8-24(31)9-17-28)20-29(36)34(19-23-6-10-25(32)11-7-23)22(4)30(37)33-18-21(2)3/h6-17,21-22H,5,18-20H2,1-4H3,(H,33,37)/t22-/m1/s1. The lowest BCUT2D eigenvalue weighted by Gasteiger charge is -2.32. The Kier molecular flexibility index (Phi) is 11.6. The Balaban J connectivity index is 2.01. The van der Waals surface area contributed by atoms with Gasteiger partial charge in [-0.25, -0.2) is 8.42 Å². The van der Waals surface area contributed by atoms with Crippen molar-refractivity contribution in [3.05, 3.63) is 87.9 Å². The third-order valence-corrected chi connectivity index (χ3v) is 8.80. The molecule has 0 aliphatic heterocycles. The van der Waals surface area contributed by atoms with Crippen LogP contribution in [0.1, 0.15) is 33.3 Å². The van der Waals surface area contributed by atoms with Crippen LogP contribution in [0.2, 0.25) is 5.02 Å². The minimum absolute atomic E-state index is 0.0226. The summed E-state index contributed by atoms with van der Waals surface area (Å²) in [5, 5.41) is 3.41. The fraction of sp³-hybridized carbons (Fsp3) is 0.333. The van der Waals surface area contributed by atoms with E-state index in [0.717, 1.165) is 14.3 Å². The Labute approximate surface area is 255 Å². The summed E-state index contributed by atoms with van der Waals surface area (Å²) in [4.78, 5) is 28.4. The van der Waals surface area contributed by atoms with Gasteiger partial charge in [0.1, 0.15) is 18.3 Å². The molecule has 3 rings (SSSR count). The Morgan fingerprint density at radius 2 is 1.56 bits per heavy atom. The molecule has 8 nitrogen and oxygen atoms in total. The first kappa shape index (κ1) is 32.4. The number of hydrogen-bond donors (Lipinski definition) is 1. The van der Waals surface area contributed by atoms with E-state index in [1.165, 1.54) is 17.0 Å². The van der Waals surface area contributed by atoms with Crippen molar-refractivity contribution in [1.29, 1.82) is 0 Å². The highest BCUT2D eigenvalue weighted by Crippen LogP contribution is 2.27. The second kappa shape index (κ2) is 14.7. The molecule has 0 aromatic heterocycles. The van der Waals surface area contributed by atoms with Crippen LogP contribution in [0.3, 0.4) is 0 Å². The van der Waals surface area contributed by atoms with Crippen molar-refractivity contribution >= 4 is 55.1 Å². The molecule has 41 heavy (non-hydrogen) atoms. The van der Waals surface area contributed by atoms with Gasteiger partial charge in [-0.1, -0.05) is 53.5 Å². The molecular formula is C30H35BrClN3O5S. The normalized spacial score (nSPS) is 12.1. The molecule has 0 saturated carbocycles. The van der Waals surface area contributed by atoms with Gasteiger partial charge in [-0.05, 0) is 86.0 Å². The first-order valence-corrected chi connectivity index (χ1v) is 15.9. The third kappa shape index (κ3) is 8.95. The molecule has 1 atom stereocenters. The highest BCUT2D eigenvalue weighted by atomic mass is 79.9. The van der Waals surface area contributed by atoms with E-state index in [4.69, 9.17) is 16.3 Å². The van der Waals surface area contributed by atoms with Crippen molar-refractivity contribution in [3.63, 3.8) is 0 Å². The lowest BCUT2D eigenvalue weighted by Crippen LogP contribution is -2.51. The smallest absolute Gasteiger partial charge is 0.264 e. The molecule has 0 bridgehead atoms. The summed E-state index contributed by atoms with van der Waals surface area (Å²) in [6.07, 6.45) is 0. The van der Waals surface area contributed by atoms with Crippen LogP contribution < -0.4 is 14.4 Å². The molecule has 2 amide bonds. The highest BCUT2D eigenvalue weighted by molar-refractivity contribution is 9.10. The maximum Gasteiger partial charge on any atom is 0.264 e. The van der Waals surface area contributed by atoms with Gasteiger partial charge in [0.15, 0.2) is 0 Å². The topological polar surface area (TPSA) is 96.0 Å². The van der Waals surface area contributed by atoms with Crippen LogP contribution in [0, 0.1) is 5.92 Å². The zero-order valence-corrected chi connectivity index (χ0v) is 26.7. The lowest BCUT2D eigenvalue weighted by atomic mass is 10.1.